The summed E-state index contributed by atoms with van der Waals surface area (Å²) in [5.41, 5.74) is 14.2. The van der Waals surface area contributed by atoms with Crippen molar-refractivity contribution in [3.05, 3.63) is 93.4 Å². The SMILES string of the molecule is CCOC(=O)CCCCCc1cc(-c2ccc(-c3cc(CCCCCC(=O)OCC)c(-c4ccc5c(c4)C(CCCCCC(=O)OCC)(CCCCCC(=O)OCC)c4cc(C)ccc4-5)s3)c3nsnc23)sc1C. The van der Waals surface area contributed by atoms with Crippen LogP contribution in [0.3, 0.4) is 0 Å². The van der Waals surface area contributed by atoms with Gasteiger partial charge in [-0.25, -0.2) is 0 Å². The smallest absolute Gasteiger partial charge is 0.305 e. The van der Waals surface area contributed by atoms with Crippen LogP contribution in [0.2, 0.25) is 0 Å². The molecule has 0 radical (unpaired) electrons. The molecule has 0 fully saturated rings. The first-order valence-electron chi connectivity index (χ1n) is 27.4. The molecule has 3 heterocycles. The lowest BCUT2D eigenvalue weighted by molar-refractivity contribution is -0.144. The quantitative estimate of drug-likeness (QED) is 0.0236. The first kappa shape index (κ1) is 56.5. The van der Waals surface area contributed by atoms with Gasteiger partial charge in [-0.2, -0.15) is 8.75 Å². The Morgan fingerprint density at radius 2 is 0.905 bits per heavy atom. The lowest BCUT2D eigenvalue weighted by Gasteiger charge is -2.33. The van der Waals surface area contributed by atoms with Crippen LogP contribution in [0.5, 0.6) is 0 Å². The van der Waals surface area contributed by atoms with E-state index in [0.717, 1.165) is 130 Å². The predicted molar refractivity (Wildman–Crippen MR) is 302 cm³/mol. The number of hydrogen-bond donors (Lipinski definition) is 0. The second-order valence-electron chi connectivity index (χ2n) is 19.6. The molecule has 3 aromatic carbocycles. The van der Waals surface area contributed by atoms with Crippen molar-refractivity contribution in [3.8, 4) is 42.4 Å². The Morgan fingerprint density at radius 1 is 0.473 bits per heavy atom. The monoisotopic (exact) mass is 1060 g/mol. The maximum atomic E-state index is 12.3. The van der Waals surface area contributed by atoms with Gasteiger partial charge in [0.25, 0.3) is 0 Å². The van der Waals surface area contributed by atoms with Crippen LogP contribution >= 0.6 is 34.4 Å². The van der Waals surface area contributed by atoms with Crippen molar-refractivity contribution in [2.45, 2.75) is 175 Å². The highest BCUT2D eigenvalue weighted by atomic mass is 32.1. The number of nitrogens with zero attached hydrogens (tertiary/aromatic N) is 2. The molecule has 0 amide bonds. The van der Waals surface area contributed by atoms with Crippen molar-refractivity contribution >= 4 is 69.3 Å². The van der Waals surface area contributed by atoms with Crippen molar-refractivity contribution in [2.75, 3.05) is 26.4 Å². The van der Waals surface area contributed by atoms with Crippen molar-refractivity contribution in [1.82, 2.24) is 8.75 Å². The van der Waals surface area contributed by atoms with Gasteiger partial charge in [0.2, 0.25) is 0 Å². The molecule has 396 valence electrons. The van der Waals surface area contributed by atoms with E-state index >= 15 is 0 Å². The number of esters is 4. The number of hydrogen-bond acceptors (Lipinski definition) is 13. The summed E-state index contributed by atoms with van der Waals surface area (Å²) in [6.07, 6.45) is 16.4. The van der Waals surface area contributed by atoms with E-state index in [2.05, 4.69) is 74.5 Å². The van der Waals surface area contributed by atoms with Gasteiger partial charge >= 0.3 is 23.9 Å². The minimum absolute atomic E-state index is 0.115. The number of carbonyl (C=O) groups is 4. The summed E-state index contributed by atoms with van der Waals surface area (Å²) < 4.78 is 30.8. The molecule has 0 saturated heterocycles. The minimum atomic E-state index is -0.244. The second kappa shape index (κ2) is 28.1. The zero-order valence-electron chi connectivity index (χ0n) is 44.6. The maximum Gasteiger partial charge on any atom is 0.305 e. The number of benzene rings is 3. The molecule has 13 heteroatoms. The molecule has 3 aromatic heterocycles. The summed E-state index contributed by atoms with van der Waals surface area (Å²) in [5, 5.41) is 0. The van der Waals surface area contributed by atoms with Crippen LogP contribution in [-0.2, 0) is 56.4 Å². The van der Waals surface area contributed by atoms with Crippen molar-refractivity contribution in [3.63, 3.8) is 0 Å². The summed E-state index contributed by atoms with van der Waals surface area (Å²) in [6, 6.07) is 23.3. The largest absolute Gasteiger partial charge is 0.466 e. The number of fused-ring (bicyclic) bond motifs is 4. The Kier molecular flexibility index (Phi) is 21.4. The van der Waals surface area contributed by atoms with Gasteiger partial charge in [0.15, 0.2) is 0 Å². The minimum Gasteiger partial charge on any atom is -0.466 e. The number of carbonyl (C=O) groups excluding carboxylic acids is 4. The summed E-state index contributed by atoms with van der Waals surface area (Å²) >= 11 is 4.90. The zero-order chi connectivity index (χ0) is 52.5. The van der Waals surface area contributed by atoms with Crippen molar-refractivity contribution < 1.29 is 38.1 Å². The zero-order valence-corrected chi connectivity index (χ0v) is 47.1. The van der Waals surface area contributed by atoms with Gasteiger partial charge in [-0.15, -0.1) is 22.7 Å². The molecule has 1 aliphatic carbocycles. The first-order chi connectivity index (χ1) is 36.0. The van der Waals surface area contributed by atoms with Gasteiger partial charge in [-0.1, -0.05) is 86.6 Å². The summed E-state index contributed by atoms with van der Waals surface area (Å²) in [6.45, 7) is 13.4. The van der Waals surface area contributed by atoms with Gasteiger partial charge in [-0.3, -0.25) is 19.2 Å². The lowest BCUT2D eigenvalue weighted by Crippen LogP contribution is -2.26. The fraction of sp³-hybridized carbons (Fsp3) is 0.508. The molecule has 0 atom stereocenters. The van der Waals surface area contributed by atoms with Crippen LogP contribution in [0.15, 0.2) is 60.7 Å². The molecule has 1 aliphatic rings. The number of aryl methyl sites for hydroxylation is 4. The summed E-state index contributed by atoms with van der Waals surface area (Å²) in [5.74, 6) is -0.514. The number of aromatic nitrogens is 2. The molecule has 6 aromatic rings. The van der Waals surface area contributed by atoms with Crippen LogP contribution in [0.1, 0.15) is 176 Å². The molecular weight excluding hydrogens is 985 g/mol. The van der Waals surface area contributed by atoms with Gasteiger partial charge in [0, 0.05) is 61.7 Å². The standard InChI is InChI=1S/C61H76N2O8S3/c1-7-68-54(64)25-17-11-15-23-43-39-52(72-42(43)6)48-33-34-49(59-58(48)62-74-63-59)53-40-44(24-16-12-18-26-55(65)69-8-2)60(73-53)45-30-32-47-46-31-29-41(5)37-50(46)61(51(47)38-45,35-21-13-19-27-56(66)70-9-3)36-22-14-20-28-57(67)71-10-4/h29-34,37-40H,7-28,35-36H2,1-6H3. The fourth-order valence-electron chi connectivity index (χ4n) is 10.8. The Balaban J connectivity index is 1.22. The summed E-state index contributed by atoms with van der Waals surface area (Å²) in [4.78, 5) is 53.7. The summed E-state index contributed by atoms with van der Waals surface area (Å²) in [7, 11) is 0. The Labute approximate surface area is 451 Å². The van der Waals surface area contributed by atoms with Crippen LogP contribution in [0.25, 0.3) is 53.5 Å². The van der Waals surface area contributed by atoms with E-state index in [1.54, 1.807) is 0 Å². The van der Waals surface area contributed by atoms with E-state index in [0.29, 0.717) is 52.1 Å². The lowest BCUT2D eigenvalue weighted by atomic mass is 9.70. The van der Waals surface area contributed by atoms with Crippen LogP contribution in [-0.4, -0.2) is 59.1 Å². The van der Waals surface area contributed by atoms with E-state index in [1.807, 2.05) is 50.4 Å². The molecule has 0 bridgehead atoms. The average molecular weight is 1060 g/mol. The van der Waals surface area contributed by atoms with E-state index in [1.165, 1.54) is 70.9 Å². The molecule has 0 aliphatic heterocycles. The Morgan fingerprint density at radius 3 is 1.42 bits per heavy atom. The second-order valence-corrected chi connectivity index (χ2v) is 22.5. The topological polar surface area (TPSA) is 131 Å². The predicted octanol–water partition coefficient (Wildman–Crippen LogP) is 16.1. The maximum absolute atomic E-state index is 12.3. The molecule has 0 saturated carbocycles. The molecule has 10 nitrogen and oxygen atoms in total. The van der Waals surface area contributed by atoms with Crippen molar-refractivity contribution in [2.24, 2.45) is 0 Å². The van der Waals surface area contributed by atoms with Crippen molar-refractivity contribution in [1.29, 1.82) is 0 Å². The highest BCUT2D eigenvalue weighted by Crippen LogP contribution is 2.56. The van der Waals surface area contributed by atoms with E-state index in [9.17, 15) is 19.2 Å². The van der Waals surface area contributed by atoms with E-state index < -0.39 is 0 Å². The van der Waals surface area contributed by atoms with E-state index in [-0.39, 0.29) is 29.3 Å². The first-order valence-corrected chi connectivity index (χ1v) is 29.7. The Hall–Kier alpha value is -5.24. The van der Waals surface area contributed by atoms with Crippen LogP contribution in [0, 0.1) is 13.8 Å². The Bertz CT molecular complexity index is 2810. The average Bonchev–Trinajstić information content (AvgIpc) is 4.19. The fourth-order valence-corrected chi connectivity index (χ4v) is 13.7. The number of rotatable bonds is 31. The highest BCUT2D eigenvalue weighted by molar-refractivity contribution is 7.19. The highest BCUT2D eigenvalue weighted by Gasteiger charge is 2.42. The number of ether oxygens (including phenoxy) is 4. The van der Waals surface area contributed by atoms with Gasteiger partial charge < -0.3 is 18.9 Å². The van der Waals surface area contributed by atoms with Gasteiger partial charge in [0.1, 0.15) is 11.0 Å². The molecule has 0 spiro atoms. The molecular formula is C61H76N2O8S3. The van der Waals surface area contributed by atoms with E-state index in [4.69, 9.17) is 27.7 Å². The third-order valence-electron chi connectivity index (χ3n) is 14.4. The number of thiophene rings is 2. The molecule has 74 heavy (non-hydrogen) atoms. The van der Waals surface area contributed by atoms with Crippen LogP contribution < -0.4 is 0 Å². The van der Waals surface area contributed by atoms with Gasteiger partial charge in [-0.05, 0) is 163 Å². The normalized spacial score (nSPS) is 12.5. The van der Waals surface area contributed by atoms with Gasteiger partial charge in [0.05, 0.1) is 38.2 Å². The molecule has 0 N–H and O–H groups in total. The third-order valence-corrected chi connectivity index (χ3v) is 17.3. The molecule has 0 unspecified atom stereocenters. The van der Waals surface area contributed by atoms with Crippen LogP contribution in [0.4, 0.5) is 0 Å². The number of unbranched alkanes of at least 4 members (excludes halogenated alkanes) is 8. The third kappa shape index (κ3) is 14.4. The molecule has 7 rings (SSSR count).